The lowest BCUT2D eigenvalue weighted by Crippen LogP contribution is -2.42. The van der Waals surface area contributed by atoms with Gasteiger partial charge in [-0.05, 0) is 44.4 Å². The molecule has 1 N–H and O–H groups in total. The summed E-state index contributed by atoms with van der Waals surface area (Å²) in [6, 6.07) is 0.920. The van der Waals surface area contributed by atoms with Gasteiger partial charge in [0.2, 0.25) is 0 Å². The van der Waals surface area contributed by atoms with Crippen LogP contribution in [0.4, 0.5) is 0 Å². The van der Waals surface area contributed by atoms with E-state index >= 15 is 0 Å². The Morgan fingerprint density at radius 2 is 1.95 bits per heavy atom. The Balaban J connectivity index is 1.67. The number of ether oxygens (including phenoxy) is 2. The highest BCUT2D eigenvalue weighted by molar-refractivity contribution is 5.03. The summed E-state index contributed by atoms with van der Waals surface area (Å²) in [5.74, 6) is 1.79. The van der Waals surface area contributed by atoms with Crippen molar-refractivity contribution in [3.63, 3.8) is 0 Å². The Morgan fingerprint density at radius 1 is 1.23 bits per heavy atom. The second-order valence-electron chi connectivity index (χ2n) is 6.70. The number of aryl methyl sites for hydroxylation is 1. The third-order valence-corrected chi connectivity index (χ3v) is 5.30. The van der Waals surface area contributed by atoms with Crippen molar-refractivity contribution in [1.82, 2.24) is 14.9 Å². The zero-order valence-electron chi connectivity index (χ0n) is 13.8. The van der Waals surface area contributed by atoms with Gasteiger partial charge in [0, 0.05) is 45.8 Å². The molecule has 2 aliphatic rings. The Bertz CT molecular complexity index is 449. The summed E-state index contributed by atoms with van der Waals surface area (Å²) in [5, 5.41) is 3.92. The number of hydrogen-bond donors (Lipinski definition) is 1. The highest BCUT2D eigenvalue weighted by atomic mass is 16.5. The van der Waals surface area contributed by atoms with Gasteiger partial charge in [-0.3, -0.25) is 0 Å². The highest BCUT2D eigenvalue weighted by Crippen LogP contribution is 2.31. The molecule has 0 spiro atoms. The molecule has 1 aliphatic heterocycles. The fourth-order valence-corrected chi connectivity index (χ4v) is 3.87. The van der Waals surface area contributed by atoms with Gasteiger partial charge in [-0.1, -0.05) is 0 Å². The van der Waals surface area contributed by atoms with Crippen molar-refractivity contribution in [3.05, 3.63) is 18.2 Å². The van der Waals surface area contributed by atoms with Crippen molar-refractivity contribution in [2.24, 2.45) is 13.0 Å². The van der Waals surface area contributed by atoms with Crippen molar-refractivity contribution in [1.29, 1.82) is 0 Å². The van der Waals surface area contributed by atoms with E-state index in [-0.39, 0.29) is 0 Å². The minimum absolute atomic E-state index is 0.341. The molecule has 1 aromatic heterocycles. The van der Waals surface area contributed by atoms with E-state index in [0.717, 1.165) is 38.9 Å². The lowest BCUT2D eigenvalue weighted by molar-refractivity contribution is 0.0407. The summed E-state index contributed by atoms with van der Waals surface area (Å²) in [4.78, 5) is 4.62. The van der Waals surface area contributed by atoms with Gasteiger partial charge in [0.15, 0.2) is 0 Å². The number of nitrogens with one attached hydrogen (secondary N) is 1. The fourth-order valence-electron chi connectivity index (χ4n) is 3.87. The molecule has 124 valence electrons. The molecule has 1 aliphatic carbocycles. The average Bonchev–Trinajstić information content (AvgIpc) is 3.00. The van der Waals surface area contributed by atoms with Crippen LogP contribution in [0.25, 0.3) is 0 Å². The van der Waals surface area contributed by atoms with Crippen LogP contribution in [0.3, 0.4) is 0 Å². The van der Waals surface area contributed by atoms with E-state index in [0.29, 0.717) is 24.1 Å². The number of aromatic nitrogens is 2. The fraction of sp³-hybridized carbons (Fsp3) is 0.824. The first kappa shape index (κ1) is 16.0. The normalized spacial score (nSPS) is 28.6. The van der Waals surface area contributed by atoms with E-state index in [4.69, 9.17) is 9.47 Å². The molecule has 0 unspecified atom stereocenters. The minimum atomic E-state index is 0.341. The van der Waals surface area contributed by atoms with Crippen LogP contribution in [-0.4, -0.2) is 42.0 Å². The molecule has 5 heteroatoms. The van der Waals surface area contributed by atoms with Gasteiger partial charge in [-0.2, -0.15) is 0 Å². The molecule has 2 fully saturated rings. The van der Waals surface area contributed by atoms with Gasteiger partial charge < -0.3 is 19.4 Å². The van der Waals surface area contributed by atoms with Crippen LogP contribution in [0.5, 0.6) is 0 Å². The Hall–Kier alpha value is -0.910. The maximum absolute atomic E-state index is 5.54. The van der Waals surface area contributed by atoms with E-state index in [1.807, 2.05) is 19.5 Å². The van der Waals surface area contributed by atoms with E-state index in [2.05, 4.69) is 21.9 Å². The first-order valence-corrected chi connectivity index (χ1v) is 8.61. The summed E-state index contributed by atoms with van der Waals surface area (Å²) in [7, 11) is 3.93. The summed E-state index contributed by atoms with van der Waals surface area (Å²) in [6.45, 7) is 1.76. The molecular weight excluding hydrogens is 278 g/mol. The van der Waals surface area contributed by atoms with Crippen LogP contribution in [0.15, 0.2) is 12.4 Å². The van der Waals surface area contributed by atoms with Crippen molar-refractivity contribution in [2.45, 2.75) is 56.7 Å². The van der Waals surface area contributed by atoms with Crippen LogP contribution >= 0.6 is 0 Å². The van der Waals surface area contributed by atoms with Crippen molar-refractivity contribution >= 4 is 0 Å². The number of rotatable bonds is 5. The Labute approximate surface area is 133 Å². The quantitative estimate of drug-likeness (QED) is 0.907. The molecule has 5 nitrogen and oxygen atoms in total. The zero-order valence-corrected chi connectivity index (χ0v) is 13.8. The molecule has 2 heterocycles. The lowest BCUT2D eigenvalue weighted by Gasteiger charge is -2.36. The summed E-state index contributed by atoms with van der Waals surface area (Å²) in [5.41, 5.74) is 0. The van der Waals surface area contributed by atoms with Crippen LogP contribution in [-0.2, 0) is 16.5 Å². The first-order valence-electron chi connectivity index (χ1n) is 8.61. The molecule has 0 aromatic carbocycles. The summed E-state index contributed by atoms with van der Waals surface area (Å²) < 4.78 is 13.2. The summed E-state index contributed by atoms with van der Waals surface area (Å²) in [6.07, 6.45) is 11.4. The van der Waals surface area contributed by atoms with Gasteiger partial charge >= 0.3 is 0 Å². The molecule has 1 aromatic rings. The topological polar surface area (TPSA) is 48.3 Å². The Morgan fingerprint density at radius 3 is 2.55 bits per heavy atom. The lowest BCUT2D eigenvalue weighted by atomic mass is 9.87. The number of methoxy groups -OCH3 is 1. The maximum atomic E-state index is 5.54. The first-order chi connectivity index (χ1) is 10.8. The number of imidazole rings is 1. The third-order valence-electron chi connectivity index (χ3n) is 5.30. The molecule has 1 saturated carbocycles. The molecule has 3 rings (SSSR count). The van der Waals surface area contributed by atoms with E-state index in [1.54, 1.807) is 0 Å². The maximum Gasteiger partial charge on any atom is 0.125 e. The predicted molar refractivity (Wildman–Crippen MR) is 85.7 cm³/mol. The predicted octanol–water partition coefficient (Wildman–Crippen LogP) is 2.44. The molecule has 0 bridgehead atoms. The van der Waals surface area contributed by atoms with E-state index < -0.39 is 0 Å². The standard InChI is InChI=1S/C17H29N3O2/c1-20-10-9-18-17(20)16(13-7-11-22-12-8-13)19-14-3-5-15(21-2)6-4-14/h9-10,13-16,19H,3-8,11-12H2,1-2H3/t14?,15?,16-/m1/s1. The number of nitrogens with zero attached hydrogens (tertiary/aromatic N) is 2. The van der Waals surface area contributed by atoms with Crippen molar-refractivity contribution in [2.75, 3.05) is 20.3 Å². The van der Waals surface area contributed by atoms with Gasteiger partial charge in [0.1, 0.15) is 5.82 Å². The second kappa shape index (κ2) is 7.57. The van der Waals surface area contributed by atoms with E-state index in [1.165, 1.54) is 18.7 Å². The third kappa shape index (κ3) is 3.70. The van der Waals surface area contributed by atoms with Crippen molar-refractivity contribution in [3.8, 4) is 0 Å². The van der Waals surface area contributed by atoms with Gasteiger partial charge in [-0.15, -0.1) is 0 Å². The van der Waals surface area contributed by atoms with Gasteiger partial charge in [0.05, 0.1) is 12.1 Å². The smallest absolute Gasteiger partial charge is 0.125 e. The second-order valence-corrected chi connectivity index (χ2v) is 6.70. The monoisotopic (exact) mass is 307 g/mol. The van der Waals surface area contributed by atoms with Crippen LogP contribution < -0.4 is 5.32 Å². The SMILES string of the molecule is COC1CCC(N[C@@H](c2nccn2C)C2CCOCC2)CC1. The largest absolute Gasteiger partial charge is 0.381 e. The van der Waals surface area contributed by atoms with Crippen LogP contribution in [0.1, 0.15) is 50.4 Å². The van der Waals surface area contributed by atoms with Crippen LogP contribution in [0.2, 0.25) is 0 Å². The van der Waals surface area contributed by atoms with Crippen LogP contribution in [0, 0.1) is 5.92 Å². The highest BCUT2D eigenvalue weighted by Gasteiger charge is 2.31. The Kier molecular flexibility index (Phi) is 5.50. The molecule has 22 heavy (non-hydrogen) atoms. The molecule has 1 atom stereocenters. The van der Waals surface area contributed by atoms with Crippen molar-refractivity contribution < 1.29 is 9.47 Å². The minimum Gasteiger partial charge on any atom is -0.381 e. The molecule has 0 amide bonds. The van der Waals surface area contributed by atoms with E-state index in [9.17, 15) is 0 Å². The molecular formula is C17H29N3O2. The van der Waals surface area contributed by atoms with Gasteiger partial charge in [-0.25, -0.2) is 4.98 Å². The zero-order chi connectivity index (χ0) is 15.4. The number of hydrogen-bond acceptors (Lipinski definition) is 4. The van der Waals surface area contributed by atoms with Gasteiger partial charge in [0.25, 0.3) is 0 Å². The average molecular weight is 307 g/mol. The summed E-state index contributed by atoms with van der Waals surface area (Å²) >= 11 is 0. The molecule has 0 radical (unpaired) electrons. The molecule has 1 saturated heterocycles.